The maximum absolute atomic E-state index is 12.4. The molecule has 0 spiro atoms. The van der Waals surface area contributed by atoms with E-state index in [1.165, 1.54) is 6.92 Å². The molecule has 3 aliphatic rings. The third kappa shape index (κ3) is 3.02. The Bertz CT molecular complexity index is 715. The van der Waals surface area contributed by atoms with Crippen LogP contribution >= 0.6 is 23.2 Å². The van der Waals surface area contributed by atoms with Crippen LogP contribution in [0.25, 0.3) is 0 Å². The monoisotopic (exact) mass is 386 g/mol. The Hall–Kier alpha value is -1.33. The Labute approximate surface area is 156 Å². The van der Waals surface area contributed by atoms with Crippen LogP contribution in [0.3, 0.4) is 0 Å². The Morgan fingerprint density at radius 1 is 1.32 bits per heavy atom. The van der Waals surface area contributed by atoms with Crippen LogP contribution in [0.1, 0.15) is 34.1 Å². The van der Waals surface area contributed by atoms with Gasteiger partial charge in [-0.25, -0.2) is 4.79 Å². The van der Waals surface area contributed by atoms with Crippen molar-refractivity contribution in [2.75, 3.05) is 0 Å². The summed E-state index contributed by atoms with van der Waals surface area (Å²) in [6.45, 7) is 6.80. The lowest BCUT2D eigenvalue weighted by atomic mass is 9.79. The summed E-state index contributed by atoms with van der Waals surface area (Å²) in [5.41, 5.74) is 2.35. The van der Waals surface area contributed by atoms with Crippen LogP contribution in [0.5, 0.6) is 0 Å². The van der Waals surface area contributed by atoms with Gasteiger partial charge in [0.05, 0.1) is 5.92 Å². The van der Waals surface area contributed by atoms with Crippen molar-refractivity contribution in [1.82, 2.24) is 0 Å². The molecule has 1 heterocycles. The number of carbonyl (C=O) groups excluding carboxylic acids is 3. The molecule has 3 rings (SSSR count). The smallest absolute Gasteiger partial charge is 0.342 e. The highest BCUT2D eigenvalue weighted by Gasteiger charge is 2.55. The minimum atomic E-state index is -1.68. The summed E-state index contributed by atoms with van der Waals surface area (Å²) < 4.78 is 9.50. The first-order chi connectivity index (χ1) is 11.5. The van der Waals surface area contributed by atoms with Gasteiger partial charge < -0.3 is 9.47 Å². The Morgan fingerprint density at radius 2 is 1.96 bits per heavy atom. The van der Waals surface area contributed by atoms with E-state index in [1.807, 2.05) is 13.8 Å². The van der Waals surface area contributed by atoms with E-state index in [9.17, 15) is 14.4 Å². The maximum atomic E-state index is 12.4. The van der Waals surface area contributed by atoms with Gasteiger partial charge in [0.15, 0.2) is 5.78 Å². The molecular weight excluding hydrogens is 367 g/mol. The first-order valence-electron chi connectivity index (χ1n) is 8.24. The number of rotatable bonds is 2. The van der Waals surface area contributed by atoms with Crippen molar-refractivity contribution in [3.8, 4) is 0 Å². The molecule has 0 aromatic heterocycles. The minimum absolute atomic E-state index is 0.0687. The Morgan fingerprint density at radius 3 is 2.56 bits per heavy atom. The summed E-state index contributed by atoms with van der Waals surface area (Å²) in [5.74, 6) is -2.28. The second-order valence-corrected chi connectivity index (χ2v) is 8.93. The van der Waals surface area contributed by atoms with E-state index >= 15 is 0 Å². The molecule has 0 N–H and O–H groups in total. The molecule has 0 amide bonds. The molecule has 1 aliphatic heterocycles. The molecule has 136 valence electrons. The van der Waals surface area contributed by atoms with Crippen LogP contribution in [0.2, 0.25) is 0 Å². The lowest BCUT2D eigenvalue weighted by Crippen LogP contribution is -2.40. The molecule has 0 saturated carbocycles. The predicted octanol–water partition coefficient (Wildman–Crippen LogP) is 3.14. The van der Waals surface area contributed by atoms with Crippen molar-refractivity contribution in [3.05, 3.63) is 22.8 Å². The third-order valence-electron chi connectivity index (χ3n) is 5.35. The van der Waals surface area contributed by atoms with Crippen molar-refractivity contribution >= 4 is 40.9 Å². The number of ether oxygens (including phenoxy) is 2. The number of carbonyl (C=O) groups is 3. The summed E-state index contributed by atoms with van der Waals surface area (Å²) in [7, 11) is 0. The second-order valence-electron chi connectivity index (χ2n) is 7.23. The van der Waals surface area contributed by atoms with E-state index in [4.69, 9.17) is 32.7 Å². The van der Waals surface area contributed by atoms with Gasteiger partial charge in [0, 0.05) is 23.8 Å². The number of ketones is 1. The van der Waals surface area contributed by atoms with Gasteiger partial charge in [-0.05, 0) is 26.8 Å². The summed E-state index contributed by atoms with van der Waals surface area (Å²) in [6, 6.07) is 0. The lowest BCUT2D eigenvalue weighted by Gasteiger charge is -2.30. The van der Waals surface area contributed by atoms with E-state index in [-0.39, 0.29) is 23.6 Å². The average molecular weight is 387 g/mol. The molecule has 7 heteroatoms. The van der Waals surface area contributed by atoms with E-state index in [0.717, 1.165) is 11.1 Å². The second kappa shape index (κ2) is 6.13. The molecule has 1 fully saturated rings. The third-order valence-corrected chi connectivity index (χ3v) is 5.66. The van der Waals surface area contributed by atoms with Gasteiger partial charge in [0.2, 0.25) is 4.33 Å². The van der Waals surface area contributed by atoms with Crippen molar-refractivity contribution in [2.45, 2.75) is 50.7 Å². The zero-order chi connectivity index (χ0) is 18.7. The predicted molar refractivity (Wildman–Crippen MR) is 92.1 cm³/mol. The zero-order valence-corrected chi connectivity index (χ0v) is 16.0. The lowest BCUT2D eigenvalue weighted by molar-refractivity contribution is -0.154. The van der Waals surface area contributed by atoms with E-state index in [1.54, 1.807) is 13.0 Å². The molecule has 0 aromatic carbocycles. The van der Waals surface area contributed by atoms with Crippen molar-refractivity contribution in [1.29, 1.82) is 0 Å². The molecule has 5 atom stereocenters. The summed E-state index contributed by atoms with van der Waals surface area (Å²) in [4.78, 5) is 36.8. The van der Waals surface area contributed by atoms with Gasteiger partial charge in [-0.1, -0.05) is 41.3 Å². The summed E-state index contributed by atoms with van der Waals surface area (Å²) >= 11 is 11.7. The maximum Gasteiger partial charge on any atom is 0.342 e. The van der Waals surface area contributed by atoms with Gasteiger partial charge in [-0.3, -0.25) is 9.59 Å². The fourth-order valence-electron chi connectivity index (χ4n) is 4.15. The van der Waals surface area contributed by atoms with Crippen LogP contribution in [-0.4, -0.2) is 34.3 Å². The fraction of sp³-hybridized carbons (Fsp3) is 0.611. The molecule has 1 saturated heterocycles. The Kier molecular flexibility index (Phi) is 4.53. The van der Waals surface area contributed by atoms with Gasteiger partial charge in [-0.2, -0.15) is 0 Å². The van der Waals surface area contributed by atoms with Crippen LogP contribution < -0.4 is 0 Å². The average Bonchev–Trinajstić information content (AvgIpc) is 2.89. The molecular formula is C18H20Cl2O5. The normalized spacial score (nSPS) is 35.0. The first-order valence-corrected chi connectivity index (χ1v) is 8.99. The minimum Gasteiger partial charge on any atom is -0.461 e. The standard InChI is InChI=1S/C18H20Cl2O5/c1-7-5-10(21)12-8(2)6-11(24-17(23)18(4,19)20)14-9(3)16(22)25-15(14)13(7)12/h5,9,11,13-15H,6H2,1-4H3. The largest absolute Gasteiger partial charge is 0.461 e. The molecule has 2 aliphatic carbocycles. The van der Waals surface area contributed by atoms with Crippen LogP contribution in [0.4, 0.5) is 0 Å². The highest BCUT2D eigenvalue weighted by Crippen LogP contribution is 2.48. The number of esters is 2. The Balaban J connectivity index is 2.03. The number of fused-ring (bicyclic) bond motifs is 3. The number of alkyl halides is 2. The summed E-state index contributed by atoms with van der Waals surface area (Å²) in [5, 5.41) is 0. The molecule has 0 radical (unpaired) electrons. The highest BCUT2D eigenvalue weighted by molar-refractivity contribution is 6.57. The highest BCUT2D eigenvalue weighted by atomic mass is 35.5. The zero-order valence-electron chi connectivity index (χ0n) is 14.5. The molecule has 0 bridgehead atoms. The van der Waals surface area contributed by atoms with E-state index < -0.39 is 28.4 Å². The van der Waals surface area contributed by atoms with E-state index in [2.05, 4.69) is 0 Å². The van der Waals surface area contributed by atoms with Gasteiger partial charge in [-0.15, -0.1) is 0 Å². The SMILES string of the molecule is CC1=CC(=O)C2=C(C)CC(OC(=O)C(C)(Cl)Cl)C3C(C)C(=O)OC3C12. The van der Waals surface area contributed by atoms with E-state index in [0.29, 0.717) is 12.0 Å². The van der Waals surface area contributed by atoms with Gasteiger partial charge >= 0.3 is 11.9 Å². The number of halogens is 2. The van der Waals surface area contributed by atoms with Gasteiger partial charge in [0.1, 0.15) is 12.2 Å². The number of hydrogen-bond acceptors (Lipinski definition) is 5. The summed E-state index contributed by atoms with van der Waals surface area (Å²) in [6.07, 6.45) is 0.774. The molecule has 5 nitrogen and oxygen atoms in total. The molecule has 5 unspecified atom stereocenters. The van der Waals surface area contributed by atoms with Crippen LogP contribution in [-0.2, 0) is 23.9 Å². The molecule has 0 aromatic rings. The molecule has 25 heavy (non-hydrogen) atoms. The van der Waals surface area contributed by atoms with Crippen molar-refractivity contribution < 1.29 is 23.9 Å². The van der Waals surface area contributed by atoms with Crippen LogP contribution in [0.15, 0.2) is 22.8 Å². The van der Waals surface area contributed by atoms with Crippen molar-refractivity contribution in [2.24, 2.45) is 17.8 Å². The fourth-order valence-corrected chi connectivity index (χ4v) is 4.24. The van der Waals surface area contributed by atoms with Crippen LogP contribution in [0, 0.1) is 17.8 Å². The topological polar surface area (TPSA) is 69.7 Å². The first kappa shape index (κ1) is 18.5. The van der Waals surface area contributed by atoms with Gasteiger partial charge in [0.25, 0.3) is 0 Å². The van der Waals surface area contributed by atoms with Crippen molar-refractivity contribution in [3.63, 3.8) is 0 Å². The quantitative estimate of drug-likeness (QED) is 0.538. The number of allylic oxidation sites excluding steroid dienone is 1. The number of hydrogen-bond donors (Lipinski definition) is 0.